The minimum Gasteiger partial charge on any atom is -0.497 e. The van der Waals surface area contributed by atoms with Crippen molar-refractivity contribution >= 4 is 29.3 Å². The zero-order chi connectivity index (χ0) is 31.2. The van der Waals surface area contributed by atoms with Crippen LogP contribution in [0.1, 0.15) is 45.3 Å². The maximum atomic E-state index is 13.6. The fourth-order valence-corrected chi connectivity index (χ4v) is 5.58. The Bertz CT molecular complexity index is 1670. The van der Waals surface area contributed by atoms with Gasteiger partial charge < -0.3 is 24.1 Å². The second-order valence-corrected chi connectivity index (χ2v) is 11.1. The summed E-state index contributed by atoms with van der Waals surface area (Å²) in [4.78, 5) is 26.3. The molecular formula is C32H34N6O5S. The summed E-state index contributed by atoms with van der Waals surface area (Å²) < 4.78 is 17.6. The lowest BCUT2D eigenvalue weighted by Crippen LogP contribution is -2.28. The average molecular weight is 615 g/mol. The van der Waals surface area contributed by atoms with Gasteiger partial charge in [-0.15, -0.1) is 10.2 Å². The van der Waals surface area contributed by atoms with E-state index in [4.69, 9.17) is 19.3 Å². The SMILES string of the molecule is COc1ccc(C2=NN(C(=O)CSc3nnc(CNC(=O)c4ccc(OC)c(OC)c4)n3C)[C@H](c3ccc(C)cc3)C2)cc1. The normalized spacial score (nSPS) is 14.2. The quantitative estimate of drug-likeness (QED) is 0.245. The summed E-state index contributed by atoms with van der Waals surface area (Å²) in [5, 5.41) is 18.2. The van der Waals surface area contributed by atoms with Crippen LogP contribution in [-0.4, -0.2) is 64.4 Å². The van der Waals surface area contributed by atoms with Crippen molar-refractivity contribution in [2.24, 2.45) is 12.1 Å². The summed E-state index contributed by atoms with van der Waals surface area (Å²) in [6.45, 7) is 2.19. The summed E-state index contributed by atoms with van der Waals surface area (Å²) in [5.41, 5.74) is 4.37. The molecule has 3 aromatic carbocycles. The number of benzene rings is 3. The number of rotatable bonds is 11. The smallest absolute Gasteiger partial charge is 0.253 e. The van der Waals surface area contributed by atoms with Gasteiger partial charge in [0.05, 0.1) is 45.4 Å². The van der Waals surface area contributed by atoms with Crippen molar-refractivity contribution in [2.75, 3.05) is 27.1 Å². The third kappa shape index (κ3) is 6.70. The van der Waals surface area contributed by atoms with Crippen molar-refractivity contribution in [3.63, 3.8) is 0 Å². The van der Waals surface area contributed by atoms with Gasteiger partial charge in [-0.2, -0.15) is 5.10 Å². The molecule has 1 aliphatic heterocycles. The number of methoxy groups -OCH3 is 3. The molecule has 11 nitrogen and oxygen atoms in total. The van der Waals surface area contributed by atoms with E-state index in [9.17, 15) is 9.59 Å². The number of aryl methyl sites for hydroxylation is 1. The van der Waals surface area contributed by atoms with Crippen molar-refractivity contribution < 1.29 is 23.8 Å². The first-order valence-corrected chi connectivity index (χ1v) is 14.9. The van der Waals surface area contributed by atoms with Gasteiger partial charge in [0.1, 0.15) is 5.75 Å². The van der Waals surface area contributed by atoms with E-state index in [1.807, 2.05) is 55.5 Å². The first-order chi connectivity index (χ1) is 21.3. The maximum Gasteiger partial charge on any atom is 0.253 e. The lowest BCUT2D eigenvalue weighted by atomic mass is 9.97. The molecule has 0 saturated heterocycles. The Morgan fingerprint density at radius 1 is 0.932 bits per heavy atom. The molecule has 5 rings (SSSR count). The van der Waals surface area contributed by atoms with Gasteiger partial charge in [0.2, 0.25) is 0 Å². The monoisotopic (exact) mass is 614 g/mol. The number of hydrazone groups is 1. The van der Waals surface area contributed by atoms with Crippen LogP contribution in [0.3, 0.4) is 0 Å². The van der Waals surface area contributed by atoms with Gasteiger partial charge in [0, 0.05) is 19.0 Å². The van der Waals surface area contributed by atoms with Crippen LogP contribution in [-0.2, 0) is 18.4 Å². The second kappa shape index (κ2) is 13.6. The molecule has 0 saturated carbocycles. The van der Waals surface area contributed by atoms with Gasteiger partial charge in [-0.25, -0.2) is 5.01 Å². The third-order valence-electron chi connectivity index (χ3n) is 7.35. The lowest BCUT2D eigenvalue weighted by molar-refractivity contribution is -0.130. The molecule has 228 valence electrons. The van der Waals surface area contributed by atoms with Crippen LogP contribution in [0.25, 0.3) is 0 Å². The van der Waals surface area contributed by atoms with Crippen LogP contribution in [0.15, 0.2) is 77.0 Å². The van der Waals surface area contributed by atoms with Crippen LogP contribution >= 0.6 is 11.8 Å². The molecule has 0 unspecified atom stereocenters. The van der Waals surface area contributed by atoms with Gasteiger partial charge in [-0.05, 0) is 60.5 Å². The van der Waals surface area contributed by atoms with Crippen LogP contribution in [0, 0.1) is 6.92 Å². The number of aromatic nitrogens is 3. The van der Waals surface area contributed by atoms with Gasteiger partial charge in [0.15, 0.2) is 22.5 Å². The number of carbonyl (C=O) groups is 2. The number of nitrogens with one attached hydrogen (secondary N) is 1. The Kier molecular flexibility index (Phi) is 9.49. The van der Waals surface area contributed by atoms with Crippen molar-refractivity contribution in [3.8, 4) is 17.2 Å². The number of carbonyl (C=O) groups excluding carboxylic acids is 2. The van der Waals surface area contributed by atoms with E-state index < -0.39 is 0 Å². The fourth-order valence-electron chi connectivity index (χ4n) is 4.80. The maximum absolute atomic E-state index is 13.6. The molecule has 12 heteroatoms. The number of amides is 2. The molecule has 0 fully saturated rings. The highest BCUT2D eigenvalue weighted by Gasteiger charge is 2.33. The first-order valence-electron chi connectivity index (χ1n) is 13.9. The molecule has 0 aliphatic carbocycles. The highest BCUT2D eigenvalue weighted by Crippen LogP contribution is 2.34. The van der Waals surface area contributed by atoms with E-state index in [0.29, 0.717) is 34.5 Å². The molecular weight excluding hydrogens is 580 g/mol. The molecule has 1 N–H and O–H groups in total. The third-order valence-corrected chi connectivity index (χ3v) is 8.36. The minimum atomic E-state index is -0.292. The van der Waals surface area contributed by atoms with E-state index >= 15 is 0 Å². The Morgan fingerprint density at radius 3 is 2.34 bits per heavy atom. The number of nitrogens with zero attached hydrogens (tertiary/aromatic N) is 5. The zero-order valence-corrected chi connectivity index (χ0v) is 26.1. The molecule has 2 heterocycles. The van der Waals surface area contributed by atoms with Crippen molar-refractivity contribution in [1.82, 2.24) is 25.1 Å². The van der Waals surface area contributed by atoms with E-state index in [0.717, 1.165) is 28.2 Å². The number of ether oxygens (including phenoxy) is 3. The van der Waals surface area contributed by atoms with Gasteiger partial charge in [-0.3, -0.25) is 9.59 Å². The molecule has 2 amide bonds. The fraction of sp³-hybridized carbons (Fsp3) is 0.281. The highest BCUT2D eigenvalue weighted by molar-refractivity contribution is 7.99. The highest BCUT2D eigenvalue weighted by atomic mass is 32.2. The summed E-state index contributed by atoms with van der Waals surface area (Å²) in [7, 11) is 6.48. The Morgan fingerprint density at radius 2 is 1.66 bits per heavy atom. The Hall–Kier alpha value is -4.84. The van der Waals surface area contributed by atoms with Crippen LogP contribution in [0.4, 0.5) is 0 Å². The molecule has 0 bridgehead atoms. The predicted molar refractivity (Wildman–Crippen MR) is 167 cm³/mol. The standard InChI is InChI=1S/C32H34N6O5S/c1-20-6-8-22(9-7-20)26-17-25(21-10-13-24(41-3)14-11-21)36-38(26)30(39)19-44-32-35-34-29(37(32)2)18-33-31(40)23-12-15-27(42-4)28(16-23)43-5/h6-16,26H,17-19H2,1-5H3,(H,33,40)/t26-/m0/s1. The summed E-state index contributed by atoms with van der Waals surface area (Å²) >= 11 is 1.27. The number of thioether (sulfide) groups is 1. The minimum absolute atomic E-state index is 0.117. The Balaban J connectivity index is 1.25. The average Bonchev–Trinajstić information content (AvgIpc) is 3.66. The summed E-state index contributed by atoms with van der Waals surface area (Å²) in [6.07, 6.45) is 0.597. The number of hydrogen-bond donors (Lipinski definition) is 1. The summed E-state index contributed by atoms with van der Waals surface area (Å²) in [5.74, 6) is 1.99. The molecule has 1 aliphatic rings. The predicted octanol–water partition coefficient (Wildman–Crippen LogP) is 4.55. The lowest BCUT2D eigenvalue weighted by Gasteiger charge is -2.22. The topological polar surface area (TPSA) is 120 Å². The number of hydrogen-bond acceptors (Lipinski definition) is 9. The molecule has 1 aromatic heterocycles. The van der Waals surface area contributed by atoms with E-state index in [1.165, 1.54) is 26.0 Å². The molecule has 0 spiro atoms. The molecule has 1 atom stereocenters. The zero-order valence-electron chi connectivity index (χ0n) is 25.2. The second-order valence-electron chi connectivity index (χ2n) is 10.1. The molecule has 4 aromatic rings. The van der Waals surface area contributed by atoms with Crippen molar-refractivity contribution in [3.05, 3.63) is 94.8 Å². The van der Waals surface area contributed by atoms with Gasteiger partial charge >= 0.3 is 0 Å². The van der Waals surface area contributed by atoms with Gasteiger partial charge in [-0.1, -0.05) is 41.6 Å². The van der Waals surface area contributed by atoms with Crippen LogP contribution in [0.5, 0.6) is 17.2 Å². The van der Waals surface area contributed by atoms with Gasteiger partial charge in [0.25, 0.3) is 11.8 Å². The summed E-state index contributed by atoms with van der Waals surface area (Å²) in [6, 6.07) is 20.6. The van der Waals surface area contributed by atoms with Crippen molar-refractivity contribution in [2.45, 2.75) is 31.1 Å². The Labute approximate surface area is 260 Å². The molecule has 44 heavy (non-hydrogen) atoms. The van der Waals surface area contributed by atoms with Crippen LogP contribution < -0.4 is 19.5 Å². The largest absolute Gasteiger partial charge is 0.497 e. The van der Waals surface area contributed by atoms with E-state index in [1.54, 1.807) is 41.9 Å². The van der Waals surface area contributed by atoms with Crippen molar-refractivity contribution in [1.29, 1.82) is 0 Å². The van der Waals surface area contributed by atoms with Crippen LogP contribution in [0.2, 0.25) is 0 Å². The van der Waals surface area contributed by atoms with E-state index in [2.05, 4.69) is 15.5 Å². The van der Waals surface area contributed by atoms with E-state index in [-0.39, 0.29) is 30.2 Å². The molecule has 0 radical (unpaired) electrons. The first kappa shape index (κ1) is 30.6.